The van der Waals surface area contributed by atoms with Crippen LogP contribution in [-0.2, 0) is 7.05 Å². The highest BCUT2D eigenvalue weighted by Gasteiger charge is 2.16. The van der Waals surface area contributed by atoms with Gasteiger partial charge in [0.25, 0.3) is 0 Å². The summed E-state index contributed by atoms with van der Waals surface area (Å²) in [5.41, 5.74) is 1.37. The maximum absolute atomic E-state index is 5.99. The van der Waals surface area contributed by atoms with E-state index < -0.39 is 0 Å². The fraction of sp³-hybridized carbons (Fsp3) is 0.600. The van der Waals surface area contributed by atoms with Gasteiger partial charge in [-0.3, -0.25) is 0 Å². The molecule has 1 aliphatic rings. The van der Waals surface area contributed by atoms with Gasteiger partial charge in [-0.25, -0.2) is 0 Å². The van der Waals surface area contributed by atoms with Crippen molar-refractivity contribution in [3.63, 3.8) is 0 Å². The Balaban J connectivity index is 2.14. The Labute approximate surface area is 83.9 Å². The molecule has 3 heteroatoms. The second-order valence-corrected chi connectivity index (χ2v) is 4.14. The van der Waals surface area contributed by atoms with Crippen molar-refractivity contribution in [2.75, 3.05) is 13.1 Å². The third-order valence-electron chi connectivity index (χ3n) is 2.73. The molecule has 13 heavy (non-hydrogen) atoms. The van der Waals surface area contributed by atoms with E-state index in [4.69, 9.17) is 11.6 Å². The number of hydrogen-bond donors (Lipinski definition) is 1. The van der Waals surface area contributed by atoms with Crippen LogP contribution in [0.25, 0.3) is 0 Å². The van der Waals surface area contributed by atoms with Crippen LogP contribution in [0, 0.1) is 0 Å². The van der Waals surface area contributed by atoms with Crippen LogP contribution in [0.2, 0.25) is 5.15 Å². The molecular formula is C10H15ClN2. The Kier molecular flexibility index (Phi) is 2.61. The van der Waals surface area contributed by atoms with Crippen molar-refractivity contribution < 1.29 is 0 Å². The number of aromatic nitrogens is 1. The first-order valence-electron chi connectivity index (χ1n) is 4.80. The van der Waals surface area contributed by atoms with Gasteiger partial charge >= 0.3 is 0 Å². The topological polar surface area (TPSA) is 17.0 Å². The molecule has 2 heterocycles. The fourth-order valence-corrected chi connectivity index (χ4v) is 2.10. The molecule has 0 spiro atoms. The van der Waals surface area contributed by atoms with Crippen LogP contribution in [0.15, 0.2) is 12.3 Å². The molecule has 0 aliphatic carbocycles. The van der Waals surface area contributed by atoms with Crippen LogP contribution in [0.4, 0.5) is 0 Å². The SMILES string of the molecule is Cn1cc(C2CCCNC2)cc1Cl. The first-order chi connectivity index (χ1) is 6.27. The molecule has 0 amide bonds. The minimum atomic E-state index is 0.660. The van der Waals surface area contributed by atoms with E-state index in [2.05, 4.69) is 17.6 Å². The normalized spacial score (nSPS) is 23.4. The molecule has 1 atom stereocenters. The maximum atomic E-state index is 5.99. The quantitative estimate of drug-likeness (QED) is 0.732. The molecular weight excluding hydrogens is 184 g/mol. The van der Waals surface area contributed by atoms with Gasteiger partial charge in [-0.2, -0.15) is 0 Å². The zero-order chi connectivity index (χ0) is 9.26. The molecule has 2 rings (SSSR count). The highest BCUT2D eigenvalue weighted by molar-refractivity contribution is 6.29. The molecule has 1 aliphatic heterocycles. The standard InChI is InChI=1S/C10H15ClN2/c1-13-7-9(5-10(13)11)8-3-2-4-12-6-8/h5,7-8,12H,2-4,6H2,1H3. The lowest BCUT2D eigenvalue weighted by atomic mass is 9.94. The van der Waals surface area contributed by atoms with Gasteiger partial charge in [0, 0.05) is 19.8 Å². The zero-order valence-corrected chi connectivity index (χ0v) is 8.64. The Morgan fingerprint density at radius 2 is 2.46 bits per heavy atom. The highest BCUT2D eigenvalue weighted by atomic mass is 35.5. The van der Waals surface area contributed by atoms with Crippen molar-refractivity contribution >= 4 is 11.6 Å². The van der Waals surface area contributed by atoms with Crippen LogP contribution in [-0.4, -0.2) is 17.7 Å². The van der Waals surface area contributed by atoms with Crippen molar-refractivity contribution in [3.05, 3.63) is 23.0 Å². The molecule has 1 fully saturated rings. The largest absolute Gasteiger partial charge is 0.342 e. The average molecular weight is 199 g/mol. The summed E-state index contributed by atoms with van der Waals surface area (Å²) in [6.45, 7) is 2.26. The molecule has 1 aromatic heterocycles. The Bertz CT molecular complexity index is 268. The Hall–Kier alpha value is -0.470. The molecule has 1 N–H and O–H groups in total. The molecule has 0 radical (unpaired) electrons. The van der Waals surface area contributed by atoms with Crippen molar-refractivity contribution in [3.8, 4) is 0 Å². The molecule has 0 bridgehead atoms. The molecule has 2 nitrogen and oxygen atoms in total. The van der Waals surface area contributed by atoms with Gasteiger partial charge in [0.1, 0.15) is 5.15 Å². The minimum absolute atomic E-state index is 0.660. The maximum Gasteiger partial charge on any atom is 0.108 e. The summed E-state index contributed by atoms with van der Waals surface area (Å²) in [6, 6.07) is 2.08. The lowest BCUT2D eigenvalue weighted by Crippen LogP contribution is -2.28. The first kappa shape index (κ1) is 9.10. The van der Waals surface area contributed by atoms with Crippen molar-refractivity contribution in [1.29, 1.82) is 0 Å². The Morgan fingerprint density at radius 1 is 1.62 bits per heavy atom. The summed E-state index contributed by atoms with van der Waals surface area (Å²) >= 11 is 5.99. The third kappa shape index (κ3) is 1.89. The number of nitrogens with zero attached hydrogens (tertiary/aromatic N) is 1. The van der Waals surface area contributed by atoms with Crippen LogP contribution in [0.5, 0.6) is 0 Å². The van der Waals surface area contributed by atoms with Crippen molar-refractivity contribution in [2.24, 2.45) is 7.05 Å². The number of rotatable bonds is 1. The van der Waals surface area contributed by atoms with E-state index in [1.807, 2.05) is 11.6 Å². The van der Waals surface area contributed by atoms with E-state index in [1.165, 1.54) is 18.4 Å². The molecule has 72 valence electrons. The monoisotopic (exact) mass is 198 g/mol. The van der Waals surface area contributed by atoms with Gasteiger partial charge in [-0.15, -0.1) is 0 Å². The summed E-state index contributed by atoms with van der Waals surface area (Å²) < 4.78 is 1.98. The molecule has 1 saturated heterocycles. The van der Waals surface area contributed by atoms with E-state index >= 15 is 0 Å². The van der Waals surface area contributed by atoms with Crippen LogP contribution in [0.3, 0.4) is 0 Å². The van der Waals surface area contributed by atoms with Gasteiger partial charge in [-0.1, -0.05) is 11.6 Å². The minimum Gasteiger partial charge on any atom is -0.342 e. The predicted octanol–water partition coefficient (Wildman–Crippen LogP) is 2.15. The van der Waals surface area contributed by atoms with Crippen LogP contribution < -0.4 is 5.32 Å². The number of halogens is 1. The fourth-order valence-electron chi connectivity index (χ4n) is 1.92. The first-order valence-corrected chi connectivity index (χ1v) is 5.17. The van der Waals surface area contributed by atoms with Crippen LogP contribution in [0.1, 0.15) is 24.3 Å². The van der Waals surface area contributed by atoms with E-state index in [0.717, 1.165) is 18.2 Å². The lowest BCUT2D eigenvalue weighted by molar-refractivity contribution is 0.461. The zero-order valence-electron chi connectivity index (χ0n) is 7.89. The van der Waals surface area contributed by atoms with Gasteiger partial charge < -0.3 is 9.88 Å². The molecule has 0 aromatic carbocycles. The number of nitrogens with one attached hydrogen (secondary N) is 1. The van der Waals surface area contributed by atoms with Gasteiger partial charge in [0.05, 0.1) is 0 Å². The lowest BCUT2D eigenvalue weighted by Gasteiger charge is -2.21. The number of piperidine rings is 1. The summed E-state index contributed by atoms with van der Waals surface area (Å²) in [6.07, 6.45) is 4.70. The summed E-state index contributed by atoms with van der Waals surface area (Å²) in [7, 11) is 1.99. The molecule has 1 unspecified atom stereocenters. The molecule has 0 saturated carbocycles. The summed E-state index contributed by atoms with van der Waals surface area (Å²) in [5.74, 6) is 0.660. The summed E-state index contributed by atoms with van der Waals surface area (Å²) in [4.78, 5) is 0. The van der Waals surface area contributed by atoms with E-state index in [-0.39, 0.29) is 0 Å². The van der Waals surface area contributed by atoms with Crippen molar-refractivity contribution in [1.82, 2.24) is 9.88 Å². The smallest absolute Gasteiger partial charge is 0.108 e. The van der Waals surface area contributed by atoms with Crippen molar-refractivity contribution in [2.45, 2.75) is 18.8 Å². The molecule has 1 aromatic rings. The average Bonchev–Trinajstić information content (AvgIpc) is 2.49. The Morgan fingerprint density at radius 3 is 3.00 bits per heavy atom. The predicted molar refractivity (Wildman–Crippen MR) is 55.3 cm³/mol. The number of aryl methyl sites for hydroxylation is 1. The van der Waals surface area contributed by atoms with Crippen LogP contribution >= 0.6 is 11.6 Å². The highest BCUT2D eigenvalue weighted by Crippen LogP contribution is 2.26. The summed E-state index contributed by atoms with van der Waals surface area (Å²) in [5, 5.41) is 4.24. The van der Waals surface area contributed by atoms with Gasteiger partial charge in [0.2, 0.25) is 0 Å². The third-order valence-corrected chi connectivity index (χ3v) is 3.11. The number of hydrogen-bond acceptors (Lipinski definition) is 1. The second kappa shape index (κ2) is 3.72. The van der Waals surface area contributed by atoms with E-state index in [1.54, 1.807) is 0 Å². The van der Waals surface area contributed by atoms with Gasteiger partial charge in [-0.05, 0) is 36.9 Å². The van der Waals surface area contributed by atoms with E-state index in [9.17, 15) is 0 Å². The second-order valence-electron chi connectivity index (χ2n) is 3.75. The van der Waals surface area contributed by atoms with Gasteiger partial charge in [0.15, 0.2) is 0 Å². The van der Waals surface area contributed by atoms with E-state index in [0.29, 0.717) is 5.92 Å².